The van der Waals surface area contributed by atoms with Crippen molar-refractivity contribution in [3.63, 3.8) is 0 Å². The summed E-state index contributed by atoms with van der Waals surface area (Å²) in [5.74, 6) is 0.142. The Bertz CT molecular complexity index is 594. The van der Waals surface area contributed by atoms with E-state index in [4.69, 9.17) is 0 Å². The van der Waals surface area contributed by atoms with Crippen molar-refractivity contribution in [1.82, 2.24) is 0 Å². The molecular weight excluding hydrogens is 298 g/mol. The van der Waals surface area contributed by atoms with Gasteiger partial charge in [0.05, 0.1) is 0 Å². The van der Waals surface area contributed by atoms with Crippen molar-refractivity contribution in [3.05, 3.63) is 11.1 Å². The van der Waals surface area contributed by atoms with E-state index in [1.165, 1.54) is 5.57 Å². The van der Waals surface area contributed by atoms with Crippen molar-refractivity contribution in [2.45, 2.75) is 64.7 Å². The molecule has 0 aliphatic heterocycles. The first kappa shape index (κ1) is 15.5. The number of Topliss-reactive ketones (excluding diaryl/α,β-unsaturated/α-hetero) is 2. The number of hydrogen-bond donors (Lipinski definition) is 0. The molecule has 0 spiro atoms. The quantitative estimate of drug-likeness (QED) is 0.673. The topological polar surface area (TPSA) is 34.1 Å². The van der Waals surface area contributed by atoms with Crippen LogP contribution in [0.15, 0.2) is 11.1 Å². The minimum Gasteiger partial charge on any atom is -0.299 e. The van der Waals surface area contributed by atoms with Gasteiger partial charge in [0.25, 0.3) is 0 Å². The Kier molecular flexibility index (Phi) is 3.51. The second-order valence-electron chi connectivity index (χ2n) is 8.26. The van der Waals surface area contributed by atoms with Crippen LogP contribution in [0.4, 0.5) is 8.78 Å². The molecule has 5 atom stereocenters. The largest absolute Gasteiger partial charge is 0.299 e. The summed E-state index contributed by atoms with van der Waals surface area (Å²) in [4.78, 5) is 24.1. The molecule has 0 aromatic carbocycles. The van der Waals surface area contributed by atoms with Crippen LogP contribution in [0, 0.1) is 29.1 Å². The Balaban J connectivity index is 1.76. The van der Waals surface area contributed by atoms with Gasteiger partial charge in [0.2, 0.25) is 6.43 Å². The maximum atomic E-state index is 13.9. The molecule has 4 heteroatoms. The highest BCUT2D eigenvalue weighted by Gasteiger charge is 2.59. The molecule has 0 amide bonds. The molecule has 0 N–H and O–H groups in total. The number of carbonyl (C=O) groups is 2. The standard InChI is InChI=1S/C19H24F2O2/c1-19-9-14(18(20)21)17-12-5-3-11(22)8-10(12)2-4-13(17)15(19)6-7-16(19)23/h13-15,17-18H,2-9H2,1H3/t13-,14-,15-,17+,19-/m0/s1. The summed E-state index contributed by atoms with van der Waals surface area (Å²) in [6.45, 7) is 1.94. The fourth-order valence-corrected chi connectivity index (χ4v) is 6.26. The summed E-state index contributed by atoms with van der Waals surface area (Å²) in [6.07, 6.45) is 2.81. The van der Waals surface area contributed by atoms with Gasteiger partial charge < -0.3 is 0 Å². The Morgan fingerprint density at radius 2 is 1.87 bits per heavy atom. The van der Waals surface area contributed by atoms with E-state index in [0.717, 1.165) is 24.8 Å². The molecule has 2 fully saturated rings. The van der Waals surface area contributed by atoms with Crippen LogP contribution in [0.5, 0.6) is 0 Å². The van der Waals surface area contributed by atoms with Gasteiger partial charge in [-0.25, -0.2) is 8.78 Å². The highest BCUT2D eigenvalue weighted by Crippen LogP contribution is 2.62. The van der Waals surface area contributed by atoms with Crippen LogP contribution in [0.25, 0.3) is 0 Å². The lowest BCUT2D eigenvalue weighted by Gasteiger charge is -2.53. The normalized spacial score (nSPS) is 43.5. The van der Waals surface area contributed by atoms with Crippen molar-refractivity contribution in [3.8, 4) is 0 Å². The lowest BCUT2D eigenvalue weighted by Crippen LogP contribution is -2.50. The second kappa shape index (κ2) is 5.22. The number of alkyl halides is 2. The Morgan fingerprint density at radius 1 is 1.09 bits per heavy atom. The second-order valence-corrected chi connectivity index (χ2v) is 8.26. The number of rotatable bonds is 1. The van der Waals surface area contributed by atoms with Gasteiger partial charge in [-0.2, -0.15) is 0 Å². The van der Waals surface area contributed by atoms with Gasteiger partial charge in [0, 0.05) is 30.6 Å². The Labute approximate surface area is 135 Å². The number of carbonyl (C=O) groups excluding carboxylic acids is 2. The zero-order valence-electron chi connectivity index (χ0n) is 13.6. The lowest BCUT2D eigenvalue weighted by atomic mass is 9.51. The molecule has 4 aliphatic carbocycles. The lowest BCUT2D eigenvalue weighted by molar-refractivity contribution is -0.136. The van der Waals surface area contributed by atoms with E-state index in [9.17, 15) is 18.4 Å². The number of halogens is 2. The molecule has 0 bridgehead atoms. The number of ketones is 2. The first-order chi connectivity index (χ1) is 10.9. The van der Waals surface area contributed by atoms with Gasteiger partial charge in [-0.05, 0) is 49.9 Å². The average molecular weight is 322 g/mol. The van der Waals surface area contributed by atoms with Gasteiger partial charge in [0.15, 0.2) is 0 Å². The van der Waals surface area contributed by atoms with E-state index in [2.05, 4.69) is 0 Å². The molecule has 4 rings (SSSR count). The van der Waals surface area contributed by atoms with E-state index in [1.807, 2.05) is 6.92 Å². The van der Waals surface area contributed by atoms with Crippen LogP contribution in [-0.2, 0) is 9.59 Å². The van der Waals surface area contributed by atoms with Crippen LogP contribution in [0.2, 0.25) is 0 Å². The summed E-state index contributed by atoms with van der Waals surface area (Å²) in [6, 6.07) is 0. The minimum atomic E-state index is -2.38. The van der Waals surface area contributed by atoms with Gasteiger partial charge in [-0.15, -0.1) is 0 Å². The fourth-order valence-electron chi connectivity index (χ4n) is 6.26. The summed E-state index contributed by atoms with van der Waals surface area (Å²) in [5.41, 5.74) is 1.79. The molecule has 4 aliphatic rings. The monoisotopic (exact) mass is 322 g/mol. The van der Waals surface area contributed by atoms with Crippen LogP contribution in [-0.4, -0.2) is 18.0 Å². The highest BCUT2D eigenvalue weighted by molar-refractivity contribution is 5.87. The van der Waals surface area contributed by atoms with Crippen molar-refractivity contribution in [2.24, 2.45) is 29.1 Å². The van der Waals surface area contributed by atoms with E-state index >= 15 is 0 Å². The first-order valence-electron chi connectivity index (χ1n) is 8.95. The predicted molar refractivity (Wildman–Crippen MR) is 82.0 cm³/mol. The summed E-state index contributed by atoms with van der Waals surface area (Å²) < 4.78 is 27.8. The van der Waals surface area contributed by atoms with Crippen LogP contribution < -0.4 is 0 Å². The molecule has 0 aromatic rings. The third-order valence-electron chi connectivity index (χ3n) is 7.28. The van der Waals surface area contributed by atoms with Gasteiger partial charge >= 0.3 is 0 Å². The number of hydrogen-bond acceptors (Lipinski definition) is 2. The maximum Gasteiger partial charge on any atom is 0.242 e. The fraction of sp³-hybridized carbons (Fsp3) is 0.789. The van der Waals surface area contributed by atoms with E-state index in [-0.39, 0.29) is 29.3 Å². The molecular formula is C19H24F2O2. The van der Waals surface area contributed by atoms with E-state index < -0.39 is 17.8 Å². The van der Waals surface area contributed by atoms with Crippen molar-refractivity contribution in [2.75, 3.05) is 0 Å². The molecule has 0 aromatic heterocycles. The van der Waals surface area contributed by atoms with E-state index in [1.54, 1.807) is 0 Å². The van der Waals surface area contributed by atoms with Gasteiger partial charge in [0.1, 0.15) is 11.6 Å². The molecule has 23 heavy (non-hydrogen) atoms. The van der Waals surface area contributed by atoms with Crippen molar-refractivity contribution < 1.29 is 18.4 Å². The highest BCUT2D eigenvalue weighted by atomic mass is 19.3. The molecule has 0 heterocycles. The van der Waals surface area contributed by atoms with E-state index in [0.29, 0.717) is 32.1 Å². The minimum absolute atomic E-state index is 0.0872. The first-order valence-corrected chi connectivity index (χ1v) is 8.95. The molecule has 2 saturated carbocycles. The van der Waals surface area contributed by atoms with Gasteiger partial charge in [-0.1, -0.05) is 18.1 Å². The molecule has 0 saturated heterocycles. The third-order valence-corrected chi connectivity index (χ3v) is 7.28. The van der Waals surface area contributed by atoms with Crippen LogP contribution in [0.3, 0.4) is 0 Å². The number of fused-ring (bicyclic) bond motifs is 4. The Hall–Kier alpha value is -1.06. The summed E-state index contributed by atoms with van der Waals surface area (Å²) in [5, 5.41) is 0. The summed E-state index contributed by atoms with van der Waals surface area (Å²) >= 11 is 0. The maximum absolute atomic E-state index is 13.9. The molecule has 2 nitrogen and oxygen atoms in total. The molecule has 0 unspecified atom stereocenters. The average Bonchev–Trinajstić information content (AvgIpc) is 2.81. The smallest absolute Gasteiger partial charge is 0.242 e. The molecule has 126 valence electrons. The van der Waals surface area contributed by atoms with Crippen LogP contribution in [0.1, 0.15) is 58.3 Å². The van der Waals surface area contributed by atoms with Crippen LogP contribution >= 0.6 is 0 Å². The van der Waals surface area contributed by atoms with Gasteiger partial charge in [-0.3, -0.25) is 9.59 Å². The summed E-state index contributed by atoms with van der Waals surface area (Å²) in [7, 11) is 0. The Morgan fingerprint density at radius 3 is 2.61 bits per heavy atom. The van der Waals surface area contributed by atoms with Crippen molar-refractivity contribution >= 4 is 11.6 Å². The third kappa shape index (κ3) is 2.16. The SMILES string of the molecule is C[C@]12C[C@H](C(F)F)[C@@H]3C4=C(CC[C@H]3[C@@H]1CCC2=O)CC(=O)CC4. The predicted octanol–water partition coefficient (Wildman–Crippen LogP) is 4.33. The zero-order valence-corrected chi connectivity index (χ0v) is 13.6. The molecule has 0 radical (unpaired) electrons. The number of allylic oxidation sites excluding steroid dienone is 2. The van der Waals surface area contributed by atoms with Crippen molar-refractivity contribution in [1.29, 1.82) is 0 Å². The zero-order chi connectivity index (χ0) is 16.4.